The Bertz CT molecular complexity index is 1220. The van der Waals surface area contributed by atoms with E-state index in [9.17, 15) is 4.79 Å². The first-order valence-corrected chi connectivity index (χ1v) is 8.73. The van der Waals surface area contributed by atoms with Gasteiger partial charge < -0.3 is 23.7 Å². The molecule has 6 nitrogen and oxygen atoms in total. The topological polar surface area (TPSA) is 63.2 Å². The Morgan fingerprint density at radius 2 is 1.57 bits per heavy atom. The first-order chi connectivity index (χ1) is 13.6. The van der Waals surface area contributed by atoms with Gasteiger partial charge >= 0.3 is 5.97 Å². The van der Waals surface area contributed by atoms with E-state index in [4.69, 9.17) is 23.7 Å². The fourth-order valence-corrected chi connectivity index (χ4v) is 3.70. The molecule has 0 radical (unpaired) electrons. The minimum atomic E-state index is -0.350. The lowest BCUT2D eigenvalue weighted by atomic mass is 10.0. The summed E-state index contributed by atoms with van der Waals surface area (Å²) in [5.41, 5.74) is 1.34. The van der Waals surface area contributed by atoms with Crippen molar-refractivity contribution < 1.29 is 28.5 Å². The molecule has 0 bridgehead atoms. The highest BCUT2D eigenvalue weighted by atomic mass is 16.5. The summed E-state index contributed by atoms with van der Waals surface area (Å²) in [7, 11) is 6.31. The Hall–Kier alpha value is -3.41. The molecule has 0 saturated heterocycles. The van der Waals surface area contributed by atoms with Gasteiger partial charge in [-0.15, -0.1) is 0 Å². The third-order valence-electron chi connectivity index (χ3n) is 4.94. The van der Waals surface area contributed by atoms with Gasteiger partial charge in [-0.25, -0.2) is 4.79 Å². The summed E-state index contributed by atoms with van der Waals surface area (Å²) >= 11 is 0. The number of cyclic esters (lactones) is 1. The summed E-state index contributed by atoms with van der Waals surface area (Å²) in [6, 6.07) is 7.59. The highest BCUT2D eigenvalue weighted by molar-refractivity contribution is 6.02. The van der Waals surface area contributed by atoms with E-state index in [1.165, 1.54) is 0 Å². The molecule has 1 heterocycles. The minimum absolute atomic E-state index is 0.237. The molecule has 0 aromatic heterocycles. The Labute approximate surface area is 161 Å². The van der Waals surface area contributed by atoms with Gasteiger partial charge in [0.1, 0.15) is 12.4 Å². The number of rotatable bonds is 4. The van der Waals surface area contributed by atoms with Crippen LogP contribution in [-0.2, 0) is 9.53 Å². The van der Waals surface area contributed by atoms with Crippen LogP contribution >= 0.6 is 0 Å². The summed E-state index contributed by atoms with van der Waals surface area (Å²) in [6.45, 7) is 0.237. The monoisotopic (exact) mass is 380 g/mol. The van der Waals surface area contributed by atoms with Crippen molar-refractivity contribution in [2.24, 2.45) is 0 Å². The lowest BCUT2D eigenvalue weighted by molar-refractivity contribution is -0.135. The predicted molar refractivity (Wildman–Crippen MR) is 103 cm³/mol. The number of carbonyl (C=O) groups is 1. The maximum Gasteiger partial charge on any atom is 0.338 e. The fourth-order valence-electron chi connectivity index (χ4n) is 3.70. The van der Waals surface area contributed by atoms with Crippen LogP contribution in [0.5, 0.6) is 23.0 Å². The molecule has 6 heteroatoms. The third kappa shape index (κ3) is 2.60. The number of ether oxygens (including phenoxy) is 5. The fraction of sp³-hybridized carbons (Fsp3) is 0.227. The van der Waals surface area contributed by atoms with Gasteiger partial charge in [0.05, 0.1) is 34.0 Å². The number of methoxy groups -OCH3 is 4. The standard InChI is InChI=1S/C22H20O6/c1-24-16-7-5-6-12-8-14-11-28-22(23)15(14)9-13-10-17(25-2)20(26-3)21(27-4)19(13)18(12)16/h5-10H,11H2,1-4H3/b12-8-,13-9?,14-8?,15-9?,19-18-. The van der Waals surface area contributed by atoms with Crippen LogP contribution in [0.3, 0.4) is 0 Å². The van der Waals surface area contributed by atoms with Gasteiger partial charge in [0, 0.05) is 16.0 Å². The van der Waals surface area contributed by atoms with Crippen LogP contribution in [0.4, 0.5) is 0 Å². The Morgan fingerprint density at radius 3 is 2.25 bits per heavy atom. The van der Waals surface area contributed by atoms with Crippen molar-refractivity contribution in [3.8, 4) is 23.0 Å². The first-order valence-electron chi connectivity index (χ1n) is 8.73. The van der Waals surface area contributed by atoms with E-state index in [-0.39, 0.29) is 12.6 Å². The average Bonchev–Trinajstić information content (AvgIpc) is 3.04. The minimum Gasteiger partial charge on any atom is -0.496 e. The largest absolute Gasteiger partial charge is 0.496 e. The van der Waals surface area contributed by atoms with Crippen molar-refractivity contribution >= 4 is 18.1 Å². The van der Waals surface area contributed by atoms with Crippen LogP contribution in [0, 0.1) is 10.4 Å². The second-order valence-electron chi connectivity index (χ2n) is 6.34. The van der Waals surface area contributed by atoms with E-state index in [0.29, 0.717) is 28.6 Å². The molecule has 0 unspecified atom stereocenters. The van der Waals surface area contributed by atoms with Crippen LogP contribution < -0.4 is 29.4 Å². The molecule has 0 saturated carbocycles. The van der Waals surface area contributed by atoms with Crippen LogP contribution in [-0.4, -0.2) is 41.0 Å². The van der Waals surface area contributed by atoms with Crippen molar-refractivity contribution in [3.63, 3.8) is 0 Å². The smallest absolute Gasteiger partial charge is 0.338 e. The van der Waals surface area contributed by atoms with Crippen molar-refractivity contribution in [2.75, 3.05) is 35.0 Å². The van der Waals surface area contributed by atoms with Gasteiger partial charge in [-0.05, 0) is 34.7 Å². The molecule has 1 aliphatic heterocycles. The van der Waals surface area contributed by atoms with E-state index >= 15 is 0 Å². The maximum absolute atomic E-state index is 12.3. The third-order valence-corrected chi connectivity index (χ3v) is 4.94. The zero-order valence-corrected chi connectivity index (χ0v) is 16.1. The molecular weight excluding hydrogens is 360 g/mol. The number of carbonyl (C=O) groups excluding carboxylic acids is 1. The number of hydrogen-bond acceptors (Lipinski definition) is 6. The van der Waals surface area contributed by atoms with Crippen LogP contribution in [0.1, 0.15) is 0 Å². The van der Waals surface area contributed by atoms with Gasteiger partial charge in [0.15, 0.2) is 11.5 Å². The lowest BCUT2D eigenvalue weighted by Gasteiger charge is -2.15. The average molecular weight is 380 g/mol. The summed E-state index contributed by atoms with van der Waals surface area (Å²) < 4.78 is 27.7. The van der Waals surface area contributed by atoms with Gasteiger partial charge in [-0.1, -0.05) is 12.1 Å². The van der Waals surface area contributed by atoms with Crippen LogP contribution in [0.2, 0.25) is 0 Å². The number of fused-ring (bicyclic) bond motifs is 2. The second-order valence-corrected chi connectivity index (χ2v) is 6.34. The zero-order valence-electron chi connectivity index (χ0n) is 16.1. The summed E-state index contributed by atoms with van der Waals surface area (Å²) in [6.07, 6.45) is 3.75. The molecule has 144 valence electrons. The van der Waals surface area contributed by atoms with Crippen molar-refractivity contribution in [1.82, 2.24) is 0 Å². The molecule has 1 aliphatic carbocycles. The van der Waals surface area contributed by atoms with E-state index in [1.807, 2.05) is 30.3 Å². The number of hydrogen-bond donors (Lipinski definition) is 0. The van der Waals surface area contributed by atoms with Crippen molar-refractivity contribution in [1.29, 1.82) is 0 Å². The Morgan fingerprint density at radius 1 is 0.821 bits per heavy atom. The van der Waals surface area contributed by atoms with E-state index in [1.54, 1.807) is 34.5 Å². The van der Waals surface area contributed by atoms with Gasteiger partial charge in [-0.2, -0.15) is 0 Å². The molecule has 4 rings (SSSR count). The number of benzene rings is 2. The molecule has 0 atom stereocenters. The molecule has 0 spiro atoms. The van der Waals surface area contributed by atoms with Gasteiger partial charge in [0.2, 0.25) is 5.75 Å². The predicted octanol–water partition coefficient (Wildman–Crippen LogP) is 1.44. The van der Waals surface area contributed by atoms with E-state index in [0.717, 1.165) is 26.4 Å². The summed E-state index contributed by atoms with van der Waals surface area (Å²) in [5.74, 6) is 1.81. The van der Waals surface area contributed by atoms with E-state index < -0.39 is 0 Å². The molecule has 28 heavy (non-hydrogen) atoms. The van der Waals surface area contributed by atoms with Crippen molar-refractivity contribution in [2.45, 2.75) is 0 Å². The van der Waals surface area contributed by atoms with Gasteiger partial charge in [0.25, 0.3) is 0 Å². The molecule has 2 aromatic carbocycles. The molecule has 2 aromatic rings. The summed E-state index contributed by atoms with van der Waals surface area (Å²) in [5, 5.41) is 3.25. The van der Waals surface area contributed by atoms with Crippen molar-refractivity contribution in [3.05, 3.63) is 56.3 Å². The molecule has 0 N–H and O–H groups in total. The SMILES string of the molecule is COc1cc2/c(c(OC)c1OC)=c1/c(OC)ccc/c1=C/C1=C(C=2)C(=O)OC1. The van der Waals surface area contributed by atoms with Crippen LogP contribution in [0.15, 0.2) is 35.4 Å². The lowest BCUT2D eigenvalue weighted by Crippen LogP contribution is -2.17. The Balaban J connectivity index is 2.38. The molecular formula is C22H20O6. The summed E-state index contributed by atoms with van der Waals surface area (Å²) in [4.78, 5) is 12.3. The highest BCUT2D eigenvalue weighted by Gasteiger charge is 2.24. The normalized spacial score (nSPS) is 16.9. The van der Waals surface area contributed by atoms with E-state index in [2.05, 4.69) is 0 Å². The maximum atomic E-state index is 12.3. The molecule has 2 aliphatic rings. The highest BCUT2D eigenvalue weighted by Crippen LogP contribution is 2.37. The Kier molecular flexibility index (Phi) is 4.47. The molecule has 0 fully saturated rings. The first kappa shape index (κ1) is 18.0. The van der Waals surface area contributed by atoms with Gasteiger partial charge in [-0.3, -0.25) is 0 Å². The van der Waals surface area contributed by atoms with Crippen LogP contribution in [0.25, 0.3) is 12.2 Å². The number of esters is 1. The second kappa shape index (κ2) is 6.96. The molecule has 0 amide bonds. The zero-order chi connectivity index (χ0) is 19.8. The quantitative estimate of drug-likeness (QED) is 0.748.